The molecule has 1 radical (unpaired) electrons. The highest BCUT2D eigenvalue weighted by molar-refractivity contribution is 6.64. The second-order valence-corrected chi connectivity index (χ2v) is 3.87. The number of rotatable bonds is 5. The van der Waals surface area contributed by atoms with E-state index < -0.39 is 8.80 Å². The average molecular weight is 161 g/mol. The third kappa shape index (κ3) is 3.12. The Kier molecular flexibility index (Phi) is 4.55. The fourth-order valence-corrected chi connectivity index (χ4v) is 1.69. The molecule has 0 bridgehead atoms. The van der Waals surface area contributed by atoms with Crippen molar-refractivity contribution >= 4 is 8.80 Å². The van der Waals surface area contributed by atoms with Gasteiger partial charge >= 0.3 is 8.80 Å². The third-order valence-corrected chi connectivity index (χ3v) is 2.82. The van der Waals surface area contributed by atoms with E-state index in [1.807, 2.05) is 0 Å². The van der Waals surface area contributed by atoms with Crippen LogP contribution in [0.4, 0.5) is 0 Å². The van der Waals surface area contributed by atoms with Crippen LogP contribution < -0.4 is 0 Å². The molecule has 0 aliphatic heterocycles. The van der Waals surface area contributed by atoms with Gasteiger partial charge in [-0.1, -0.05) is 6.58 Å². The summed E-state index contributed by atoms with van der Waals surface area (Å²) in [6.07, 6.45) is 0. The van der Waals surface area contributed by atoms with Gasteiger partial charge in [0, 0.05) is 13.2 Å². The molecule has 0 aromatic carbocycles. The highest BCUT2D eigenvalue weighted by Gasteiger charge is 2.34. The highest BCUT2D eigenvalue weighted by Crippen LogP contribution is 2.03. The molecule has 0 saturated heterocycles. The van der Waals surface area contributed by atoms with E-state index in [0.717, 1.165) is 0 Å². The maximum Gasteiger partial charge on any atom is 0.556 e. The Morgan fingerprint density at radius 3 is 2.00 bits per heavy atom. The molecule has 0 spiro atoms. The topological polar surface area (TPSA) is 38.4 Å². The first-order valence-electron chi connectivity index (χ1n) is 3.30. The highest BCUT2D eigenvalue weighted by atomic mass is 28.4. The molecule has 0 atom stereocenters. The Balaban J connectivity index is 3.81. The molecule has 3 nitrogen and oxygen atoms in total. The van der Waals surface area contributed by atoms with E-state index in [0.29, 0.717) is 13.2 Å². The minimum Gasteiger partial charge on any atom is -0.369 e. The van der Waals surface area contributed by atoms with Gasteiger partial charge in [-0.2, -0.15) is 0 Å². The average Bonchev–Trinajstić information content (AvgIpc) is 1.89. The first kappa shape index (κ1) is 9.84. The first-order chi connectivity index (χ1) is 4.68. The SMILES string of the molecule is C=C[Si]([O])(OCC)OCC. The van der Waals surface area contributed by atoms with Crippen LogP contribution >= 0.6 is 0 Å². The van der Waals surface area contributed by atoms with Crippen molar-refractivity contribution in [2.75, 3.05) is 13.2 Å². The van der Waals surface area contributed by atoms with Crippen LogP contribution in [-0.4, -0.2) is 22.0 Å². The van der Waals surface area contributed by atoms with Gasteiger partial charge < -0.3 is 8.85 Å². The molecular weight excluding hydrogens is 148 g/mol. The standard InChI is InChI=1S/C6H13O3Si/c1-4-8-10(7,6-3)9-5-2/h6H,3-5H2,1-2H3. The van der Waals surface area contributed by atoms with Gasteiger partial charge in [0.15, 0.2) is 0 Å². The molecule has 0 aromatic rings. The Bertz CT molecular complexity index is 99.2. The fourth-order valence-electron chi connectivity index (χ4n) is 0.562. The van der Waals surface area contributed by atoms with E-state index >= 15 is 0 Å². The van der Waals surface area contributed by atoms with E-state index in [1.165, 1.54) is 5.70 Å². The van der Waals surface area contributed by atoms with Gasteiger partial charge in [-0.15, -0.1) is 0 Å². The lowest BCUT2D eigenvalue weighted by Gasteiger charge is -2.15. The first-order valence-corrected chi connectivity index (χ1v) is 5.10. The molecule has 0 amide bonds. The van der Waals surface area contributed by atoms with Crippen LogP contribution in [0.1, 0.15) is 13.8 Å². The van der Waals surface area contributed by atoms with E-state index in [-0.39, 0.29) is 0 Å². The van der Waals surface area contributed by atoms with Crippen molar-refractivity contribution in [3.63, 3.8) is 0 Å². The second-order valence-electron chi connectivity index (χ2n) is 1.67. The normalized spacial score (nSPS) is 11.5. The van der Waals surface area contributed by atoms with Gasteiger partial charge in [-0.05, 0) is 19.5 Å². The Morgan fingerprint density at radius 2 is 1.80 bits per heavy atom. The predicted molar refractivity (Wildman–Crippen MR) is 39.9 cm³/mol. The molecule has 0 saturated carbocycles. The summed E-state index contributed by atoms with van der Waals surface area (Å²) in [6.45, 7) is 7.68. The summed E-state index contributed by atoms with van der Waals surface area (Å²) in [7, 11) is -3.21. The zero-order valence-corrected chi connectivity index (χ0v) is 7.42. The van der Waals surface area contributed by atoms with Crippen molar-refractivity contribution in [1.29, 1.82) is 0 Å². The van der Waals surface area contributed by atoms with Gasteiger partial charge in [0.25, 0.3) is 0 Å². The van der Waals surface area contributed by atoms with Crippen molar-refractivity contribution in [1.82, 2.24) is 0 Å². The van der Waals surface area contributed by atoms with Crippen LogP contribution in [0.2, 0.25) is 0 Å². The zero-order valence-electron chi connectivity index (χ0n) is 6.42. The lowest BCUT2D eigenvalue weighted by Crippen LogP contribution is -2.38. The van der Waals surface area contributed by atoms with E-state index in [1.54, 1.807) is 13.8 Å². The summed E-state index contributed by atoms with van der Waals surface area (Å²) in [6, 6.07) is 0. The Hall–Kier alpha value is -0.163. The smallest absolute Gasteiger partial charge is 0.369 e. The molecular formula is C6H13O3Si. The summed E-state index contributed by atoms with van der Waals surface area (Å²) in [4.78, 5) is 11.2. The van der Waals surface area contributed by atoms with Gasteiger partial charge in [0.1, 0.15) is 0 Å². The summed E-state index contributed by atoms with van der Waals surface area (Å²) < 4.78 is 9.72. The zero-order chi connectivity index (χ0) is 8.04. The summed E-state index contributed by atoms with van der Waals surface area (Å²) in [5, 5.41) is 0. The van der Waals surface area contributed by atoms with Crippen LogP contribution in [0.3, 0.4) is 0 Å². The molecule has 4 heteroatoms. The summed E-state index contributed by atoms with van der Waals surface area (Å²) in [5.41, 5.74) is 1.25. The van der Waals surface area contributed by atoms with Crippen LogP contribution in [0.25, 0.3) is 0 Å². The van der Waals surface area contributed by atoms with E-state index in [2.05, 4.69) is 6.58 Å². The Morgan fingerprint density at radius 1 is 1.40 bits per heavy atom. The van der Waals surface area contributed by atoms with Crippen molar-refractivity contribution in [2.24, 2.45) is 0 Å². The molecule has 0 unspecified atom stereocenters. The minimum atomic E-state index is -3.21. The number of hydrogen-bond acceptors (Lipinski definition) is 2. The van der Waals surface area contributed by atoms with Crippen LogP contribution in [0, 0.1) is 0 Å². The summed E-state index contributed by atoms with van der Waals surface area (Å²) in [5.74, 6) is 0. The molecule has 0 rings (SSSR count). The monoisotopic (exact) mass is 161 g/mol. The Labute approximate surface area is 62.6 Å². The molecule has 0 aliphatic carbocycles. The molecule has 10 heavy (non-hydrogen) atoms. The van der Waals surface area contributed by atoms with E-state index in [4.69, 9.17) is 8.85 Å². The largest absolute Gasteiger partial charge is 0.556 e. The maximum atomic E-state index is 11.2. The van der Waals surface area contributed by atoms with Gasteiger partial charge in [0.2, 0.25) is 0 Å². The van der Waals surface area contributed by atoms with Crippen LogP contribution in [0.5, 0.6) is 0 Å². The molecule has 59 valence electrons. The van der Waals surface area contributed by atoms with Gasteiger partial charge in [0.05, 0.1) is 0 Å². The van der Waals surface area contributed by atoms with Crippen molar-refractivity contribution in [2.45, 2.75) is 13.8 Å². The molecule has 0 N–H and O–H groups in total. The third-order valence-electron chi connectivity index (χ3n) is 0.941. The van der Waals surface area contributed by atoms with Gasteiger partial charge in [-0.25, -0.2) is 4.80 Å². The fraction of sp³-hybridized carbons (Fsp3) is 0.667. The molecule has 0 aromatic heterocycles. The van der Waals surface area contributed by atoms with Crippen molar-refractivity contribution in [3.05, 3.63) is 12.3 Å². The summed E-state index contributed by atoms with van der Waals surface area (Å²) >= 11 is 0. The van der Waals surface area contributed by atoms with Crippen LogP contribution in [0.15, 0.2) is 12.3 Å². The number of hydrogen-bond donors (Lipinski definition) is 0. The molecule has 0 heterocycles. The lowest BCUT2D eigenvalue weighted by molar-refractivity contribution is 0.0955. The van der Waals surface area contributed by atoms with Gasteiger partial charge in [-0.3, -0.25) is 0 Å². The second kappa shape index (κ2) is 4.62. The molecule has 0 fully saturated rings. The lowest BCUT2D eigenvalue weighted by atomic mass is 10.9. The van der Waals surface area contributed by atoms with E-state index in [9.17, 15) is 4.80 Å². The molecule has 0 aliphatic rings. The minimum absolute atomic E-state index is 0.391. The van der Waals surface area contributed by atoms with Crippen molar-refractivity contribution < 1.29 is 13.6 Å². The van der Waals surface area contributed by atoms with Crippen LogP contribution in [-0.2, 0) is 13.6 Å². The van der Waals surface area contributed by atoms with Crippen molar-refractivity contribution in [3.8, 4) is 0 Å². The quantitative estimate of drug-likeness (QED) is 0.567. The predicted octanol–water partition coefficient (Wildman–Crippen LogP) is 1.15. The maximum absolute atomic E-state index is 11.2.